The van der Waals surface area contributed by atoms with Crippen molar-refractivity contribution >= 4 is 29.5 Å². The molecule has 10 heteroatoms. The third-order valence-electron chi connectivity index (χ3n) is 3.47. The summed E-state index contributed by atoms with van der Waals surface area (Å²) in [6.45, 7) is 0.0374. The molecule has 2 amide bonds. The van der Waals surface area contributed by atoms with Gasteiger partial charge in [0.2, 0.25) is 0 Å². The Morgan fingerprint density at radius 2 is 1.96 bits per heavy atom. The van der Waals surface area contributed by atoms with E-state index < -0.39 is 22.7 Å². The number of carbonyl (C=O) groups is 3. The van der Waals surface area contributed by atoms with Crippen molar-refractivity contribution in [3.63, 3.8) is 0 Å². The largest absolute Gasteiger partial charge is 0.550 e. The second-order valence-electron chi connectivity index (χ2n) is 5.57. The van der Waals surface area contributed by atoms with Gasteiger partial charge in [-0.3, -0.25) is 19.7 Å². The van der Waals surface area contributed by atoms with E-state index in [9.17, 15) is 29.6 Å². The van der Waals surface area contributed by atoms with Crippen LogP contribution in [-0.4, -0.2) is 29.3 Å². The number of benzene rings is 1. The van der Waals surface area contributed by atoms with E-state index >= 15 is 0 Å². The normalized spacial score (nSPS) is 10.9. The summed E-state index contributed by atoms with van der Waals surface area (Å²) in [6.07, 6.45) is 2.47. The molecule has 0 atom stereocenters. The van der Waals surface area contributed by atoms with E-state index in [4.69, 9.17) is 4.42 Å². The van der Waals surface area contributed by atoms with Gasteiger partial charge >= 0.3 is 0 Å². The number of nitrogens with zero attached hydrogens (tertiary/aromatic N) is 1. The van der Waals surface area contributed by atoms with Gasteiger partial charge in [-0.2, -0.15) is 0 Å². The average molecular weight is 386 g/mol. The number of rotatable bonds is 9. The fraction of sp³-hybridized carbons (Fsp3) is 0.167. The Bertz CT molecular complexity index is 904. The van der Waals surface area contributed by atoms with Gasteiger partial charge in [-0.25, -0.2) is 0 Å². The van der Waals surface area contributed by atoms with E-state index in [1.165, 1.54) is 48.7 Å². The molecule has 2 rings (SSSR count). The molecule has 0 radical (unpaired) electrons. The number of carboxylic acids is 1. The quantitative estimate of drug-likeness (QED) is 0.277. The fourth-order valence-corrected chi connectivity index (χ4v) is 2.17. The number of carbonyl (C=O) groups excluding carboxylic acids is 3. The van der Waals surface area contributed by atoms with Gasteiger partial charge in [-0.05, 0) is 36.6 Å². The first-order chi connectivity index (χ1) is 13.4. The molecule has 0 spiro atoms. The zero-order chi connectivity index (χ0) is 20.5. The molecule has 1 heterocycles. The van der Waals surface area contributed by atoms with Crippen LogP contribution in [0.5, 0.6) is 0 Å². The smallest absolute Gasteiger partial charge is 0.291 e. The van der Waals surface area contributed by atoms with Crippen molar-refractivity contribution in [3.8, 4) is 0 Å². The van der Waals surface area contributed by atoms with Gasteiger partial charge in [-0.1, -0.05) is 12.1 Å². The van der Waals surface area contributed by atoms with Crippen LogP contribution < -0.4 is 15.7 Å². The highest BCUT2D eigenvalue weighted by atomic mass is 16.6. The maximum atomic E-state index is 12.4. The molecule has 0 aliphatic heterocycles. The van der Waals surface area contributed by atoms with E-state index in [1.54, 1.807) is 0 Å². The van der Waals surface area contributed by atoms with Crippen LogP contribution in [0.4, 0.5) is 5.69 Å². The highest BCUT2D eigenvalue weighted by Crippen LogP contribution is 2.15. The van der Waals surface area contributed by atoms with Gasteiger partial charge in [0.25, 0.3) is 17.5 Å². The lowest BCUT2D eigenvalue weighted by atomic mass is 10.1. The number of hydrogen-bond donors (Lipinski definition) is 2. The Balaban J connectivity index is 2.20. The van der Waals surface area contributed by atoms with Crippen molar-refractivity contribution in [1.29, 1.82) is 0 Å². The summed E-state index contributed by atoms with van der Waals surface area (Å²) in [7, 11) is 0. The van der Waals surface area contributed by atoms with Crippen molar-refractivity contribution in [2.24, 2.45) is 0 Å². The number of nitrogens with one attached hydrogen (secondary N) is 2. The molecule has 0 bridgehead atoms. The predicted octanol–water partition coefficient (Wildman–Crippen LogP) is 0.605. The Labute approximate surface area is 159 Å². The maximum absolute atomic E-state index is 12.4. The molecule has 1 aromatic heterocycles. The van der Waals surface area contributed by atoms with Crippen LogP contribution in [0.3, 0.4) is 0 Å². The molecule has 1 aromatic carbocycles. The summed E-state index contributed by atoms with van der Waals surface area (Å²) < 4.78 is 4.97. The van der Waals surface area contributed by atoms with E-state index in [1.807, 2.05) is 0 Å². The van der Waals surface area contributed by atoms with Crippen LogP contribution in [0.2, 0.25) is 0 Å². The molecule has 2 N–H and O–H groups in total. The molecular weight excluding hydrogens is 370 g/mol. The summed E-state index contributed by atoms with van der Waals surface area (Å²) >= 11 is 0. The second-order valence-corrected chi connectivity index (χ2v) is 5.57. The van der Waals surface area contributed by atoms with Crippen LogP contribution >= 0.6 is 0 Å². The number of aliphatic carboxylic acids is 1. The third-order valence-corrected chi connectivity index (χ3v) is 3.47. The van der Waals surface area contributed by atoms with Gasteiger partial charge in [-0.15, -0.1) is 0 Å². The molecule has 0 fully saturated rings. The molecule has 0 unspecified atom stereocenters. The monoisotopic (exact) mass is 386 g/mol. The first kappa shape index (κ1) is 20.4. The van der Waals surface area contributed by atoms with Gasteiger partial charge in [0.15, 0.2) is 5.76 Å². The lowest BCUT2D eigenvalue weighted by molar-refractivity contribution is -0.384. The number of nitro groups is 1. The molecule has 2 aromatic rings. The fourth-order valence-electron chi connectivity index (χ4n) is 2.17. The van der Waals surface area contributed by atoms with Crippen molar-refractivity contribution in [1.82, 2.24) is 10.6 Å². The molecule has 0 aliphatic carbocycles. The number of non-ortho nitro benzene ring substituents is 1. The van der Waals surface area contributed by atoms with Crippen molar-refractivity contribution in [2.45, 2.75) is 12.8 Å². The Morgan fingerprint density at radius 3 is 2.61 bits per heavy atom. The maximum Gasteiger partial charge on any atom is 0.291 e. The van der Waals surface area contributed by atoms with E-state index in [0.717, 1.165) is 0 Å². The molecule has 146 valence electrons. The minimum atomic E-state index is -1.24. The molecular formula is C18H16N3O7-. The van der Waals surface area contributed by atoms with Crippen LogP contribution in [-0.2, 0) is 9.59 Å². The predicted molar refractivity (Wildman–Crippen MR) is 94.5 cm³/mol. The average Bonchev–Trinajstić information content (AvgIpc) is 3.19. The van der Waals surface area contributed by atoms with E-state index in [0.29, 0.717) is 5.56 Å². The molecule has 10 nitrogen and oxygen atoms in total. The number of amides is 2. The molecule has 28 heavy (non-hydrogen) atoms. The zero-order valence-corrected chi connectivity index (χ0v) is 14.5. The molecule has 0 saturated carbocycles. The van der Waals surface area contributed by atoms with Crippen molar-refractivity contribution < 1.29 is 28.8 Å². The molecule has 0 saturated heterocycles. The lowest BCUT2D eigenvalue weighted by Gasteiger charge is -2.10. The van der Waals surface area contributed by atoms with Crippen LogP contribution in [0, 0.1) is 10.1 Å². The second kappa shape index (κ2) is 9.67. The number of hydrogen-bond acceptors (Lipinski definition) is 7. The highest BCUT2D eigenvalue weighted by Gasteiger charge is 2.16. The SMILES string of the molecule is O=C([O-])CCCNC(=O)/C(=C/c1cccc([N+](=O)[O-])c1)NC(=O)c1ccco1. The van der Waals surface area contributed by atoms with Gasteiger partial charge < -0.3 is 25.0 Å². The Kier molecular flexibility index (Phi) is 7.03. The van der Waals surface area contributed by atoms with Crippen LogP contribution in [0.25, 0.3) is 6.08 Å². The number of nitro benzene ring substituents is 1. The first-order valence-electron chi connectivity index (χ1n) is 8.16. The third kappa shape index (κ3) is 6.09. The summed E-state index contributed by atoms with van der Waals surface area (Å²) in [5.41, 5.74) is -0.0518. The van der Waals surface area contributed by atoms with E-state index in [2.05, 4.69) is 10.6 Å². The minimum absolute atomic E-state index is 0.0327. The zero-order valence-electron chi connectivity index (χ0n) is 14.5. The summed E-state index contributed by atoms with van der Waals surface area (Å²) in [4.78, 5) is 45.3. The lowest BCUT2D eigenvalue weighted by Crippen LogP contribution is -2.35. The van der Waals surface area contributed by atoms with Crippen molar-refractivity contribution in [3.05, 3.63) is 69.8 Å². The number of furan rings is 1. The van der Waals surface area contributed by atoms with Gasteiger partial charge in [0.1, 0.15) is 5.70 Å². The summed E-state index contributed by atoms with van der Waals surface area (Å²) in [5, 5.41) is 26.2. The van der Waals surface area contributed by atoms with E-state index in [-0.39, 0.29) is 36.5 Å². The Hall–Kier alpha value is -3.95. The first-order valence-corrected chi connectivity index (χ1v) is 8.16. The number of carboxylic acid groups (broad SMARTS) is 1. The molecule has 0 aliphatic rings. The van der Waals surface area contributed by atoms with Crippen LogP contribution in [0.1, 0.15) is 29.0 Å². The standard InChI is InChI=1S/C18H17N3O7/c22-16(23)7-2-8-19-17(24)14(20-18(25)15-6-3-9-28-15)11-12-4-1-5-13(10-12)21(26)27/h1,3-6,9-11H,2,7-8H2,(H,19,24)(H,20,25)(H,22,23)/p-1/b14-11-. The highest BCUT2D eigenvalue weighted by molar-refractivity contribution is 6.04. The minimum Gasteiger partial charge on any atom is -0.550 e. The Morgan fingerprint density at radius 1 is 1.18 bits per heavy atom. The van der Waals surface area contributed by atoms with Gasteiger partial charge in [0, 0.05) is 24.6 Å². The topological polar surface area (TPSA) is 155 Å². The van der Waals surface area contributed by atoms with Crippen molar-refractivity contribution in [2.75, 3.05) is 6.54 Å². The van der Waals surface area contributed by atoms with Crippen LogP contribution in [0.15, 0.2) is 52.8 Å². The summed E-state index contributed by atoms with van der Waals surface area (Å²) in [6, 6.07) is 8.39. The van der Waals surface area contributed by atoms with Gasteiger partial charge in [0.05, 0.1) is 11.2 Å². The summed E-state index contributed by atoms with van der Waals surface area (Å²) in [5.74, 6) is -2.65.